The maximum Gasteiger partial charge on any atom is 0.216 e. The van der Waals surface area contributed by atoms with Gasteiger partial charge < -0.3 is 10.1 Å². The van der Waals surface area contributed by atoms with Crippen molar-refractivity contribution in [3.8, 4) is 0 Å². The van der Waals surface area contributed by atoms with Gasteiger partial charge in [-0.15, -0.1) is 0 Å². The van der Waals surface area contributed by atoms with Crippen LogP contribution in [-0.4, -0.2) is 78.0 Å². The maximum absolute atomic E-state index is 5.47. The van der Waals surface area contributed by atoms with E-state index in [1.165, 1.54) is 5.56 Å². The smallest absolute Gasteiger partial charge is 0.216 e. The van der Waals surface area contributed by atoms with Gasteiger partial charge in [-0.2, -0.15) is 0 Å². The highest BCUT2D eigenvalue weighted by molar-refractivity contribution is 5.98. The van der Waals surface area contributed by atoms with Gasteiger partial charge in [-0.1, -0.05) is 42.5 Å². The summed E-state index contributed by atoms with van der Waals surface area (Å²) in [5, 5.41) is 3.68. The Morgan fingerprint density at radius 2 is 1.71 bits per heavy atom. The largest absolute Gasteiger partial charge is 0.379 e. The molecule has 160 valence electrons. The van der Waals surface area contributed by atoms with Crippen LogP contribution in [0.25, 0.3) is 11.0 Å². The summed E-state index contributed by atoms with van der Waals surface area (Å²) in [5.41, 5.74) is 3.33. The molecular formula is C23H27N7O. The topological polar surface area (TPSA) is 61.2 Å². The molecule has 6 rings (SSSR count). The molecule has 0 amide bonds. The molecule has 0 bridgehead atoms. The lowest BCUT2D eigenvalue weighted by molar-refractivity contribution is 0.0334. The summed E-state index contributed by atoms with van der Waals surface area (Å²) in [4.78, 5) is 17.0. The Kier molecular flexibility index (Phi) is 4.82. The van der Waals surface area contributed by atoms with Crippen molar-refractivity contribution >= 4 is 22.9 Å². The molecule has 1 saturated heterocycles. The summed E-state index contributed by atoms with van der Waals surface area (Å²) < 4.78 is 7.77. The van der Waals surface area contributed by atoms with Gasteiger partial charge in [-0.3, -0.25) is 19.3 Å². The Balaban J connectivity index is 1.32. The van der Waals surface area contributed by atoms with Crippen LogP contribution in [0.15, 0.2) is 59.6 Å². The lowest BCUT2D eigenvalue weighted by Gasteiger charge is -2.42. The van der Waals surface area contributed by atoms with Gasteiger partial charge in [0.2, 0.25) is 11.9 Å². The van der Waals surface area contributed by atoms with Gasteiger partial charge in [0, 0.05) is 26.2 Å². The first-order valence-electron chi connectivity index (χ1n) is 11.0. The van der Waals surface area contributed by atoms with Crippen LogP contribution in [0.2, 0.25) is 0 Å². The van der Waals surface area contributed by atoms with Crippen LogP contribution in [0, 0.1) is 0 Å². The monoisotopic (exact) mass is 417 g/mol. The average molecular weight is 418 g/mol. The Hall–Kier alpha value is -2.94. The molecule has 1 aromatic heterocycles. The molecule has 1 N–H and O–H groups in total. The maximum atomic E-state index is 5.47. The quantitative estimate of drug-likeness (QED) is 0.700. The minimum atomic E-state index is -0.0292. The molecule has 0 aliphatic carbocycles. The van der Waals surface area contributed by atoms with E-state index in [-0.39, 0.29) is 6.17 Å². The fourth-order valence-corrected chi connectivity index (χ4v) is 4.63. The van der Waals surface area contributed by atoms with Crippen LogP contribution in [0.1, 0.15) is 11.7 Å². The second kappa shape index (κ2) is 7.96. The van der Waals surface area contributed by atoms with Gasteiger partial charge >= 0.3 is 0 Å². The number of rotatable bonds is 4. The number of morpholine rings is 1. The third-order valence-corrected chi connectivity index (χ3v) is 6.31. The van der Waals surface area contributed by atoms with Gasteiger partial charge in [-0.05, 0) is 17.7 Å². The van der Waals surface area contributed by atoms with Gasteiger partial charge in [0.1, 0.15) is 6.17 Å². The first-order valence-corrected chi connectivity index (χ1v) is 11.0. The third kappa shape index (κ3) is 3.46. The second-order valence-electron chi connectivity index (χ2n) is 8.27. The first kappa shape index (κ1) is 18.8. The predicted molar refractivity (Wildman–Crippen MR) is 121 cm³/mol. The predicted octanol–water partition coefficient (Wildman–Crippen LogP) is 1.91. The van der Waals surface area contributed by atoms with Crippen molar-refractivity contribution in [2.24, 2.45) is 4.99 Å². The van der Waals surface area contributed by atoms with Gasteiger partial charge in [0.05, 0.1) is 37.6 Å². The number of aromatic nitrogens is 2. The Morgan fingerprint density at radius 1 is 0.935 bits per heavy atom. The van der Waals surface area contributed by atoms with Crippen molar-refractivity contribution in [3.05, 3.63) is 60.2 Å². The van der Waals surface area contributed by atoms with Crippen LogP contribution in [0.4, 0.5) is 5.95 Å². The SMILES string of the molecule is c1ccc([C@H]2NC3=NCN(CCN4CCOCC4)CN3c3nc4ccccc4n32)cc1. The molecule has 1 fully saturated rings. The summed E-state index contributed by atoms with van der Waals surface area (Å²) in [7, 11) is 0. The van der Waals surface area contributed by atoms with E-state index in [0.717, 1.165) is 69.0 Å². The van der Waals surface area contributed by atoms with Gasteiger partial charge in [-0.25, -0.2) is 9.98 Å². The number of imidazole rings is 1. The van der Waals surface area contributed by atoms with Crippen LogP contribution in [0.3, 0.4) is 0 Å². The first-order chi connectivity index (χ1) is 15.4. The second-order valence-corrected chi connectivity index (χ2v) is 8.27. The minimum Gasteiger partial charge on any atom is -0.379 e. The standard InChI is InChI=1S/C23H27N7O/c1-2-6-18(7-3-1)21-26-22-24-16-28(11-10-27-12-14-31-15-13-27)17-29(22)23-25-19-8-4-5-9-20(19)30(21)23/h1-9,21H,10-17H2,(H,24,26)/t21-/m0/s1. The number of nitrogens with one attached hydrogen (secondary N) is 1. The van der Waals surface area contributed by atoms with E-state index >= 15 is 0 Å². The van der Waals surface area contributed by atoms with Crippen molar-refractivity contribution < 1.29 is 4.74 Å². The molecule has 0 radical (unpaired) electrons. The third-order valence-electron chi connectivity index (χ3n) is 6.31. The van der Waals surface area contributed by atoms with E-state index in [1.807, 2.05) is 6.07 Å². The average Bonchev–Trinajstić information content (AvgIpc) is 3.23. The molecule has 1 atom stereocenters. The highest BCUT2D eigenvalue weighted by Gasteiger charge is 2.35. The minimum absolute atomic E-state index is 0.0292. The summed E-state index contributed by atoms with van der Waals surface area (Å²) in [6, 6.07) is 18.9. The Morgan fingerprint density at radius 3 is 2.58 bits per heavy atom. The van der Waals surface area contributed by atoms with Crippen molar-refractivity contribution in [1.29, 1.82) is 0 Å². The number of ether oxygens (including phenoxy) is 1. The molecule has 3 aromatic rings. The van der Waals surface area contributed by atoms with Crippen LogP contribution < -0.4 is 10.2 Å². The number of hydrogen-bond donors (Lipinski definition) is 1. The zero-order valence-electron chi connectivity index (χ0n) is 17.5. The van der Waals surface area contributed by atoms with Crippen molar-refractivity contribution in [1.82, 2.24) is 24.7 Å². The van der Waals surface area contributed by atoms with Gasteiger partial charge in [0.25, 0.3) is 0 Å². The molecule has 0 unspecified atom stereocenters. The Bertz CT molecular complexity index is 1090. The fourth-order valence-electron chi connectivity index (χ4n) is 4.63. The molecule has 8 nitrogen and oxygen atoms in total. The molecule has 0 spiro atoms. The normalized spacial score (nSPS) is 22.0. The van der Waals surface area contributed by atoms with Crippen LogP contribution >= 0.6 is 0 Å². The van der Waals surface area contributed by atoms with E-state index in [1.54, 1.807) is 0 Å². The molecule has 8 heteroatoms. The zero-order valence-corrected chi connectivity index (χ0v) is 17.5. The summed E-state index contributed by atoms with van der Waals surface area (Å²) in [6.07, 6.45) is -0.0292. The van der Waals surface area contributed by atoms with Crippen LogP contribution in [0.5, 0.6) is 0 Å². The van der Waals surface area contributed by atoms with Crippen molar-refractivity contribution in [2.75, 3.05) is 57.6 Å². The molecule has 4 heterocycles. The molecule has 0 saturated carbocycles. The zero-order chi connectivity index (χ0) is 20.6. The lowest BCUT2D eigenvalue weighted by atomic mass is 10.1. The van der Waals surface area contributed by atoms with Crippen molar-refractivity contribution in [2.45, 2.75) is 6.17 Å². The van der Waals surface area contributed by atoms with E-state index < -0.39 is 0 Å². The van der Waals surface area contributed by atoms with Crippen molar-refractivity contribution in [3.63, 3.8) is 0 Å². The summed E-state index contributed by atoms with van der Waals surface area (Å²) in [5.74, 6) is 1.85. The van der Waals surface area contributed by atoms with E-state index in [0.29, 0.717) is 6.67 Å². The molecular weight excluding hydrogens is 390 g/mol. The highest BCUT2D eigenvalue weighted by atomic mass is 16.5. The molecule has 2 aromatic carbocycles. The molecule has 3 aliphatic rings. The number of nitrogens with zero attached hydrogens (tertiary/aromatic N) is 6. The number of aliphatic imine (C=N–C) groups is 1. The summed E-state index contributed by atoms with van der Waals surface area (Å²) in [6.45, 7) is 7.21. The summed E-state index contributed by atoms with van der Waals surface area (Å²) >= 11 is 0. The number of guanidine groups is 1. The number of para-hydroxylation sites is 2. The number of fused-ring (bicyclic) bond motifs is 5. The lowest BCUT2D eigenvalue weighted by Crippen LogP contribution is -2.58. The number of benzene rings is 2. The van der Waals surface area contributed by atoms with Gasteiger partial charge in [0.15, 0.2) is 0 Å². The highest BCUT2D eigenvalue weighted by Crippen LogP contribution is 2.33. The Labute approximate surface area is 181 Å². The molecule has 31 heavy (non-hydrogen) atoms. The number of anilines is 1. The van der Waals surface area contributed by atoms with E-state index in [4.69, 9.17) is 14.7 Å². The van der Waals surface area contributed by atoms with E-state index in [9.17, 15) is 0 Å². The van der Waals surface area contributed by atoms with E-state index in [2.05, 4.69) is 73.1 Å². The van der Waals surface area contributed by atoms with Crippen LogP contribution in [-0.2, 0) is 4.74 Å². The fraction of sp³-hybridized carbons (Fsp3) is 0.391. The number of hydrogen-bond acceptors (Lipinski definition) is 7. The molecule has 3 aliphatic heterocycles.